The highest BCUT2D eigenvalue weighted by molar-refractivity contribution is 7.99. The number of hydrogen-bond donors (Lipinski definition) is 0. The minimum absolute atomic E-state index is 0.0842. The SMILES string of the molecule is O=C(CSc1nc2c(c(C(F)(F)F)n1)CCc1ccccc1-2)N1CCN(C(=O)c2cccc(F)c2)CC1. The summed E-state index contributed by atoms with van der Waals surface area (Å²) in [5.41, 5.74) is 1.22. The van der Waals surface area contributed by atoms with Gasteiger partial charge in [0.05, 0.1) is 11.4 Å². The fourth-order valence-electron chi connectivity index (χ4n) is 4.63. The van der Waals surface area contributed by atoms with Crippen LogP contribution in [0.25, 0.3) is 11.3 Å². The zero-order chi connectivity index (χ0) is 26.2. The van der Waals surface area contributed by atoms with Gasteiger partial charge in [-0.2, -0.15) is 13.2 Å². The zero-order valence-corrected chi connectivity index (χ0v) is 20.4. The number of carbonyl (C=O) groups excluding carboxylic acids is 2. The Bertz CT molecular complexity index is 1360. The lowest BCUT2D eigenvalue weighted by Gasteiger charge is -2.34. The minimum atomic E-state index is -4.64. The van der Waals surface area contributed by atoms with Gasteiger partial charge in [0, 0.05) is 42.9 Å². The van der Waals surface area contributed by atoms with Crippen LogP contribution < -0.4 is 0 Å². The van der Waals surface area contributed by atoms with E-state index in [1.807, 2.05) is 12.1 Å². The molecule has 192 valence electrons. The van der Waals surface area contributed by atoms with E-state index in [1.54, 1.807) is 21.9 Å². The first-order valence-electron chi connectivity index (χ1n) is 11.7. The van der Waals surface area contributed by atoms with E-state index in [4.69, 9.17) is 0 Å². The standard InChI is InChI=1S/C26H22F4N4O2S/c27-18-6-3-5-17(14-18)24(36)34-12-10-33(11-13-34)21(35)15-37-25-31-22-19-7-2-1-4-16(19)8-9-20(22)23(32-25)26(28,29)30/h1-7,14H,8-13,15H2. The van der Waals surface area contributed by atoms with Gasteiger partial charge >= 0.3 is 6.18 Å². The molecule has 1 saturated heterocycles. The van der Waals surface area contributed by atoms with Crippen LogP contribution >= 0.6 is 11.8 Å². The topological polar surface area (TPSA) is 66.4 Å². The van der Waals surface area contributed by atoms with Gasteiger partial charge in [0.25, 0.3) is 5.91 Å². The summed E-state index contributed by atoms with van der Waals surface area (Å²) in [4.78, 5) is 36.7. The quantitative estimate of drug-likeness (QED) is 0.283. The van der Waals surface area contributed by atoms with Gasteiger partial charge in [0.1, 0.15) is 5.82 Å². The Balaban J connectivity index is 1.26. The van der Waals surface area contributed by atoms with Gasteiger partial charge in [0.2, 0.25) is 5.91 Å². The molecule has 5 rings (SSSR count). The summed E-state index contributed by atoms with van der Waals surface area (Å²) in [6, 6.07) is 12.7. The second-order valence-corrected chi connectivity index (χ2v) is 9.75. The van der Waals surface area contributed by atoms with Crippen LogP contribution in [0.5, 0.6) is 0 Å². The van der Waals surface area contributed by atoms with E-state index >= 15 is 0 Å². The van der Waals surface area contributed by atoms with E-state index in [-0.39, 0.29) is 72.1 Å². The lowest BCUT2D eigenvalue weighted by molar-refractivity contribution is -0.142. The van der Waals surface area contributed by atoms with Crippen molar-refractivity contribution in [2.24, 2.45) is 0 Å². The summed E-state index contributed by atoms with van der Waals surface area (Å²) >= 11 is 0.870. The van der Waals surface area contributed by atoms with Crippen molar-refractivity contribution in [3.8, 4) is 11.3 Å². The number of hydrogen-bond acceptors (Lipinski definition) is 5. The number of benzene rings is 2. The molecule has 2 aromatic carbocycles. The van der Waals surface area contributed by atoms with Crippen LogP contribution in [-0.4, -0.2) is 63.5 Å². The number of carbonyl (C=O) groups is 2. The number of amides is 2. The van der Waals surface area contributed by atoms with E-state index in [9.17, 15) is 27.2 Å². The van der Waals surface area contributed by atoms with E-state index in [0.29, 0.717) is 12.0 Å². The van der Waals surface area contributed by atoms with Gasteiger partial charge in [-0.05, 0) is 36.6 Å². The number of nitrogens with zero attached hydrogens (tertiary/aromatic N) is 4. The highest BCUT2D eigenvalue weighted by atomic mass is 32.2. The molecule has 1 aliphatic carbocycles. The second-order valence-electron chi connectivity index (χ2n) is 8.81. The van der Waals surface area contributed by atoms with Crippen LogP contribution in [0.3, 0.4) is 0 Å². The normalized spacial score (nSPS) is 15.2. The molecule has 2 amide bonds. The van der Waals surface area contributed by atoms with Crippen LogP contribution in [-0.2, 0) is 23.8 Å². The smallest absolute Gasteiger partial charge is 0.338 e. The summed E-state index contributed by atoms with van der Waals surface area (Å²) in [7, 11) is 0. The Kier molecular flexibility index (Phi) is 6.89. The Labute approximate surface area is 214 Å². The number of piperazine rings is 1. The first-order valence-corrected chi connectivity index (χ1v) is 12.7. The maximum absolute atomic E-state index is 13.8. The molecule has 0 atom stereocenters. The molecule has 3 aromatic rings. The van der Waals surface area contributed by atoms with Crippen molar-refractivity contribution in [3.05, 3.63) is 76.7 Å². The number of aromatic nitrogens is 2. The van der Waals surface area contributed by atoms with Crippen molar-refractivity contribution in [3.63, 3.8) is 0 Å². The molecule has 0 N–H and O–H groups in total. The Morgan fingerprint density at radius 2 is 1.65 bits per heavy atom. The third kappa shape index (κ3) is 5.31. The number of fused-ring (bicyclic) bond motifs is 3. The lowest BCUT2D eigenvalue weighted by atomic mass is 9.88. The van der Waals surface area contributed by atoms with Gasteiger partial charge in [-0.25, -0.2) is 14.4 Å². The van der Waals surface area contributed by atoms with Gasteiger partial charge in [-0.3, -0.25) is 9.59 Å². The van der Waals surface area contributed by atoms with Crippen LogP contribution in [0.1, 0.15) is 27.2 Å². The van der Waals surface area contributed by atoms with Gasteiger partial charge < -0.3 is 9.80 Å². The van der Waals surface area contributed by atoms with Crippen molar-refractivity contribution < 1.29 is 27.2 Å². The maximum atomic E-state index is 13.8. The van der Waals surface area contributed by atoms with Crippen molar-refractivity contribution in [2.45, 2.75) is 24.2 Å². The monoisotopic (exact) mass is 530 g/mol. The summed E-state index contributed by atoms with van der Waals surface area (Å²) in [5, 5.41) is -0.101. The molecule has 1 aromatic heterocycles. The molecule has 1 aliphatic heterocycles. The average molecular weight is 531 g/mol. The van der Waals surface area contributed by atoms with Crippen molar-refractivity contribution in [1.82, 2.24) is 19.8 Å². The Morgan fingerprint density at radius 3 is 2.38 bits per heavy atom. The highest BCUT2D eigenvalue weighted by Gasteiger charge is 2.39. The number of rotatable bonds is 4. The van der Waals surface area contributed by atoms with Crippen LogP contribution in [0, 0.1) is 5.82 Å². The van der Waals surface area contributed by atoms with Crippen molar-refractivity contribution >= 4 is 23.6 Å². The Hall–Kier alpha value is -3.47. The molecule has 0 saturated carbocycles. The molecular formula is C26H22F4N4O2S. The molecule has 0 radical (unpaired) electrons. The maximum Gasteiger partial charge on any atom is 0.433 e. The Morgan fingerprint density at radius 1 is 0.919 bits per heavy atom. The van der Waals surface area contributed by atoms with E-state index < -0.39 is 17.7 Å². The van der Waals surface area contributed by atoms with Crippen LogP contribution in [0.4, 0.5) is 17.6 Å². The minimum Gasteiger partial charge on any atom is -0.338 e. The molecule has 0 spiro atoms. The molecule has 0 bridgehead atoms. The predicted molar refractivity (Wildman–Crippen MR) is 129 cm³/mol. The van der Waals surface area contributed by atoms with Crippen molar-refractivity contribution in [1.29, 1.82) is 0 Å². The first kappa shape index (κ1) is 25.2. The number of aryl methyl sites for hydroxylation is 1. The number of alkyl halides is 3. The average Bonchev–Trinajstić information content (AvgIpc) is 2.90. The van der Waals surface area contributed by atoms with E-state index in [2.05, 4.69) is 9.97 Å². The third-order valence-corrected chi connectivity index (χ3v) is 7.32. The number of halogens is 4. The second kappa shape index (κ2) is 10.1. The van der Waals surface area contributed by atoms with E-state index in [0.717, 1.165) is 17.3 Å². The molecule has 37 heavy (non-hydrogen) atoms. The molecular weight excluding hydrogens is 508 g/mol. The number of thioether (sulfide) groups is 1. The van der Waals surface area contributed by atoms with E-state index in [1.165, 1.54) is 24.3 Å². The molecule has 6 nitrogen and oxygen atoms in total. The first-order chi connectivity index (χ1) is 17.7. The van der Waals surface area contributed by atoms with Gasteiger partial charge in [0.15, 0.2) is 10.9 Å². The lowest BCUT2D eigenvalue weighted by Crippen LogP contribution is -2.51. The zero-order valence-electron chi connectivity index (χ0n) is 19.6. The predicted octanol–water partition coefficient (Wildman–Crippen LogP) is 4.48. The third-order valence-electron chi connectivity index (χ3n) is 6.49. The fourth-order valence-corrected chi connectivity index (χ4v) is 5.38. The molecule has 1 fully saturated rings. The van der Waals surface area contributed by atoms with Crippen LogP contribution in [0.2, 0.25) is 0 Å². The summed E-state index contributed by atoms with van der Waals surface area (Å²) in [5.74, 6) is -1.23. The largest absolute Gasteiger partial charge is 0.433 e. The summed E-state index contributed by atoms with van der Waals surface area (Å²) in [6.07, 6.45) is -3.96. The fraction of sp³-hybridized carbons (Fsp3) is 0.308. The summed E-state index contributed by atoms with van der Waals surface area (Å²) < 4.78 is 55.0. The van der Waals surface area contributed by atoms with Gasteiger partial charge in [-0.1, -0.05) is 42.1 Å². The molecule has 2 heterocycles. The van der Waals surface area contributed by atoms with Gasteiger partial charge in [-0.15, -0.1) is 0 Å². The van der Waals surface area contributed by atoms with Crippen molar-refractivity contribution in [2.75, 3.05) is 31.9 Å². The molecule has 11 heteroatoms. The molecule has 2 aliphatic rings. The molecule has 0 unspecified atom stereocenters. The van der Waals surface area contributed by atoms with Crippen LogP contribution in [0.15, 0.2) is 53.7 Å². The highest BCUT2D eigenvalue weighted by Crippen LogP contribution is 2.40. The summed E-state index contributed by atoms with van der Waals surface area (Å²) in [6.45, 7) is 1.09.